The molecular weight excluding hydrogens is 377 g/mol. The van der Waals surface area contributed by atoms with Crippen molar-refractivity contribution in [2.45, 2.75) is 4.90 Å². The van der Waals surface area contributed by atoms with Gasteiger partial charge < -0.3 is 14.8 Å². The molecule has 0 radical (unpaired) electrons. The van der Waals surface area contributed by atoms with Gasteiger partial charge in [0.15, 0.2) is 4.90 Å². The molecule has 140 valence electrons. The minimum absolute atomic E-state index is 0. The summed E-state index contributed by atoms with van der Waals surface area (Å²) < 4.78 is 38.0. The molecule has 2 rings (SSSR count). The number of hydrogen-bond acceptors (Lipinski definition) is 6. The maximum Gasteiger partial charge on any atom is 0.248 e. The molecule has 1 saturated heterocycles. The first-order valence-electron chi connectivity index (χ1n) is 7.22. The largest absolute Gasteiger partial charge is 0.495 e. The highest BCUT2D eigenvalue weighted by Crippen LogP contribution is 2.32. The third-order valence-corrected chi connectivity index (χ3v) is 5.11. The predicted octanol–water partition coefficient (Wildman–Crippen LogP) is 0.731. The topological polar surface area (TPSA) is 79.9 Å². The first-order chi connectivity index (χ1) is 10.6. The molecule has 1 fully saturated rings. The number of sulfonamides is 1. The third-order valence-electron chi connectivity index (χ3n) is 3.58. The molecule has 10 heteroatoms. The van der Waals surface area contributed by atoms with E-state index in [1.54, 1.807) is 18.2 Å². The van der Waals surface area contributed by atoms with E-state index in [9.17, 15) is 8.42 Å². The summed E-state index contributed by atoms with van der Waals surface area (Å²) in [6.45, 7) is 4.77. The van der Waals surface area contributed by atoms with Crippen molar-refractivity contribution >= 4 is 34.8 Å². The van der Waals surface area contributed by atoms with Crippen LogP contribution in [0.2, 0.25) is 0 Å². The zero-order valence-corrected chi connectivity index (χ0v) is 16.2. The Bertz CT molecular complexity index is 573. The lowest BCUT2D eigenvalue weighted by Gasteiger charge is -2.27. The highest BCUT2D eigenvalue weighted by Gasteiger charge is 2.24. The zero-order chi connectivity index (χ0) is 16.0. The Balaban J connectivity index is 0.00000264. The van der Waals surface area contributed by atoms with Gasteiger partial charge in [0.25, 0.3) is 0 Å². The standard InChI is InChI=1S/C14H23N3O4S.2ClH/c1-20-12-4-3-5-13(21-2)14(12)22(18,19)16-8-11-17-9-6-15-7-10-17;;/h3-5,15-16H,6-11H2,1-2H3;2*1H. The average Bonchev–Trinajstić information content (AvgIpc) is 2.54. The van der Waals surface area contributed by atoms with Crippen LogP contribution in [0.3, 0.4) is 0 Å². The SMILES string of the molecule is COc1cccc(OC)c1S(=O)(=O)NCCN1CCNCC1.Cl.Cl. The van der Waals surface area contributed by atoms with Crippen LogP contribution in [-0.4, -0.2) is 66.8 Å². The molecule has 1 aromatic rings. The molecule has 24 heavy (non-hydrogen) atoms. The first-order valence-corrected chi connectivity index (χ1v) is 8.70. The van der Waals surface area contributed by atoms with Gasteiger partial charge >= 0.3 is 0 Å². The maximum atomic E-state index is 12.5. The number of piperazine rings is 1. The summed E-state index contributed by atoms with van der Waals surface area (Å²) in [6, 6.07) is 4.90. The second-order valence-corrected chi connectivity index (χ2v) is 6.68. The fraction of sp³-hybridized carbons (Fsp3) is 0.571. The van der Waals surface area contributed by atoms with Crippen LogP contribution in [0.1, 0.15) is 0 Å². The van der Waals surface area contributed by atoms with E-state index in [0.717, 1.165) is 26.2 Å². The van der Waals surface area contributed by atoms with Gasteiger partial charge in [-0.15, -0.1) is 24.8 Å². The number of halogens is 2. The van der Waals surface area contributed by atoms with Gasteiger partial charge in [-0.2, -0.15) is 0 Å². The van der Waals surface area contributed by atoms with Crippen molar-refractivity contribution < 1.29 is 17.9 Å². The number of methoxy groups -OCH3 is 2. The van der Waals surface area contributed by atoms with Gasteiger partial charge in [0.05, 0.1) is 14.2 Å². The van der Waals surface area contributed by atoms with Gasteiger partial charge in [-0.05, 0) is 12.1 Å². The first kappa shape index (κ1) is 23.2. The molecule has 0 spiro atoms. The van der Waals surface area contributed by atoms with E-state index < -0.39 is 10.0 Å². The summed E-state index contributed by atoms with van der Waals surface area (Å²) in [5.74, 6) is 0.544. The zero-order valence-electron chi connectivity index (χ0n) is 13.8. The molecule has 2 N–H and O–H groups in total. The van der Waals surface area contributed by atoms with E-state index in [4.69, 9.17) is 9.47 Å². The molecule has 1 aliphatic heterocycles. The lowest BCUT2D eigenvalue weighted by Crippen LogP contribution is -2.46. The van der Waals surface area contributed by atoms with E-state index >= 15 is 0 Å². The normalized spacial score (nSPS) is 15.1. The minimum atomic E-state index is -3.69. The number of ether oxygens (including phenoxy) is 2. The van der Waals surface area contributed by atoms with Crippen LogP contribution >= 0.6 is 24.8 Å². The van der Waals surface area contributed by atoms with E-state index in [-0.39, 0.29) is 41.2 Å². The van der Waals surface area contributed by atoms with Gasteiger partial charge in [-0.1, -0.05) is 6.07 Å². The summed E-state index contributed by atoms with van der Waals surface area (Å²) in [5, 5.41) is 3.26. The van der Waals surface area contributed by atoms with E-state index in [0.29, 0.717) is 13.1 Å². The van der Waals surface area contributed by atoms with Crippen molar-refractivity contribution in [3.63, 3.8) is 0 Å². The van der Waals surface area contributed by atoms with Crippen LogP contribution in [0.5, 0.6) is 11.5 Å². The molecular formula is C14H25Cl2N3O4S. The van der Waals surface area contributed by atoms with Crippen molar-refractivity contribution in [3.05, 3.63) is 18.2 Å². The summed E-state index contributed by atoms with van der Waals surface area (Å²) in [5.41, 5.74) is 0. The van der Waals surface area contributed by atoms with Gasteiger partial charge in [-0.3, -0.25) is 4.90 Å². The molecule has 0 aliphatic carbocycles. The molecule has 0 atom stereocenters. The smallest absolute Gasteiger partial charge is 0.248 e. The molecule has 0 amide bonds. The molecule has 1 heterocycles. The lowest BCUT2D eigenvalue weighted by atomic mass is 10.3. The molecule has 0 bridgehead atoms. The molecule has 0 saturated carbocycles. The van der Waals surface area contributed by atoms with Crippen LogP contribution in [0.4, 0.5) is 0 Å². The van der Waals surface area contributed by atoms with Crippen LogP contribution in [0, 0.1) is 0 Å². The molecule has 0 aromatic heterocycles. The molecule has 0 unspecified atom stereocenters. The van der Waals surface area contributed by atoms with Crippen molar-refractivity contribution in [1.29, 1.82) is 0 Å². The maximum absolute atomic E-state index is 12.5. The third kappa shape index (κ3) is 5.94. The summed E-state index contributed by atoms with van der Waals surface area (Å²) in [7, 11) is -0.811. The Morgan fingerprint density at radius 1 is 1.12 bits per heavy atom. The average molecular weight is 402 g/mol. The van der Waals surface area contributed by atoms with Crippen LogP contribution in [0.15, 0.2) is 23.1 Å². The predicted molar refractivity (Wildman–Crippen MR) is 98.5 cm³/mol. The molecule has 1 aliphatic rings. The van der Waals surface area contributed by atoms with Gasteiger partial charge in [0, 0.05) is 39.3 Å². The number of nitrogens with one attached hydrogen (secondary N) is 2. The molecule has 7 nitrogen and oxygen atoms in total. The van der Waals surface area contributed by atoms with E-state index in [1.165, 1.54) is 14.2 Å². The van der Waals surface area contributed by atoms with Crippen molar-refractivity contribution in [3.8, 4) is 11.5 Å². The number of nitrogens with zero attached hydrogens (tertiary/aromatic N) is 1. The van der Waals surface area contributed by atoms with Crippen molar-refractivity contribution in [2.24, 2.45) is 0 Å². The lowest BCUT2D eigenvalue weighted by molar-refractivity contribution is 0.245. The van der Waals surface area contributed by atoms with Crippen molar-refractivity contribution in [1.82, 2.24) is 14.9 Å². The van der Waals surface area contributed by atoms with Crippen LogP contribution in [0.25, 0.3) is 0 Å². The summed E-state index contributed by atoms with van der Waals surface area (Å²) in [4.78, 5) is 2.26. The highest BCUT2D eigenvalue weighted by atomic mass is 35.5. The minimum Gasteiger partial charge on any atom is -0.495 e. The van der Waals surface area contributed by atoms with Gasteiger partial charge in [-0.25, -0.2) is 13.1 Å². The summed E-state index contributed by atoms with van der Waals surface area (Å²) >= 11 is 0. The van der Waals surface area contributed by atoms with E-state index in [1.807, 2.05) is 0 Å². The second-order valence-electron chi connectivity index (χ2n) is 4.98. The molecule has 1 aromatic carbocycles. The van der Waals surface area contributed by atoms with Gasteiger partial charge in [0.2, 0.25) is 10.0 Å². The Kier molecular flexibility index (Phi) is 10.6. The monoisotopic (exact) mass is 401 g/mol. The Labute approximate surface area is 155 Å². The number of benzene rings is 1. The van der Waals surface area contributed by atoms with E-state index in [2.05, 4.69) is 14.9 Å². The Morgan fingerprint density at radius 3 is 2.17 bits per heavy atom. The Morgan fingerprint density at radius 2 is 1.67 bits per heavy atom. The number of hydrogen-bond donors (Lipinski definition) is 2. The number of rotatable bonds is 7. The van der Waals surface area contributed by atoms with Crippen LogP contribution < -0.4 is 19.5 Å². The fourth-order valence-corrected chi connectivity index (χ4v) is 3.76. The summed E-state index contributed by atoms with van der Waals surface area (Å²) in [6.07, 6.45) is 0. The Hall–Kier alpha value is -0.770. The van der Waals surface area contributed by atoms with Crippen LogP contribution in [-0.2, 0) is 10.0 Å². The fourth-order valence-electron chi connectivity index (χ4n) is 2.43. The van der Waals surface area contributed by atoms with Gasteiger partial charge in [0.1, 0.15) is 11.5 Å². The van der Waals surface area contributed by atoms with Crippen molar-refractivity contribution in [2.75, 3.05) is 53.5 Å². The highest BCUT2D eigenvalue weighted by molar-refractivity contribution is 7.89. The second kappa shape index (κ2) is 11.0. The quantitative estimate of drug-likeness (QED) is 0.700.